The second-order valence-corrected chi connectivity index (χ2v) is 3.70. The van der Waals surface area contributed by atoms with E-state index in [2.05, 4.69) is 5.32 Å². The molecule has 0 aliphatic carbocycles. The summed E-state index contributed by atoms with van der Waals surface area (Å²) < 4.78 is 17.5. The average Bonchev–Trinajstić information content (AvgIpc) is 2.37. The molecule has 0 aliphatic heterocycles. The summed E-state index contributed by atoms with van der Waals surface area (Å²) in [4.78, 5) is 21.6. The lowest BCUT2D eigenvalue weighted by atomic mass is 10.2. The molecule has 0 heterocycles. The van der Waals surface area contributed by atoms with Crippen molar-refractivity contribution < 1.29 is 18.7 Å². The first-order valence-electron chi connectivity index (χ1n) is 5.71. The summed E-state index contributed by atoms with van der Waals surface area (Å²) in [6.45, 7) is 0.539. The second-order valence-electron chi connectivity index (χ2n) is 3.70. The predicted octanol–water partition coefficient (Wildman–Crippen LogP) is 1.44. The Morgan fingerprint density at radius 1 is 1.32 bits per heavy atom. The minimum absolute atomic E-state index is 0.187. The molecular weight excluding hydrogens is 251 g/mol. The number of carbonyl (C=O) groups excluding carboxylic acids is 2. The molecule has 0 atom stereocenters. The fourth-order valence-corrected chi connectivity index (χ4v) is 1.24. The first kappa shape index (κ1) is 14.7. The summed E-state index contributed by atoms with van der Waals surface area (Å²) >= 11 is 0. The van der Waals surface area contributed by atoms with Crippen LogP contribution in [0, 0.1) is 5.82 Å². The molecule has 0 bridgehead atoms. The number of benzene rings is 1. The van der Waals surface area contributed by atoms with Crippen molar-refractivity contribution in [2.75, 3.05) is 13.2 Å². The third-order valence-corrected chi connectivity index (χ3v) is 2.15. The standard InChI is InChI=1S/C13H15FN2O3/c14-11-5-2-10(3-6-11)4-7-12(17)19-9-1-8-16-13(15)18/h2-7H,1,8-9H2,(H3,15,16,18). The molecule has 6 heteroatoms. The molecule has 1 rings (SSSR count). The number of amides is 2. The van der Waals surface area contributed by atoms with E-state index in [1.165, 1.54) is 24.3 Å². The van der Waals surface area contributed by atoms with Crippen LogP contribution in [-0.2, 0) is 9.53 Å². The molecule has 1 aromatic carbocycles. The molecular formula is C13H15FN2O3. The van der Waals surface area contributed by atoms with Crippen molar-refractivity contribution in [1.29, 1.82) is 0 Å². The molecule has 0 radical (unpaired) electrons. The lowest BCUT2D eigenvalue weighted by Crippen LogP contribution is -2.30. The zero-order valence-electron chi connectivity index (χ0n) is 10.3. The number of esters is 1. The minimum Gasteiger partial charge on any atom is -0.462 e. The van der Waals surface area contributed by atoms with Crippen molar-refractivity contribution in [3.05, 3.63) is 41.7 Å². The van der Waals surface area contributed by atoms with Crippen molar-refractivity contribution in [2.45, 2.75) is 6.42 Å². The molecule has 0 saturated carbocycles. The number of urea groups is 1. The first-order chi connectivity index (χ1) is 9.08. The SMILES string of the molecule is NC(=O)NCCCOC(=O)C=Cc1ccc(F)cc1. The lowest BCUT2D eigenvalue weighted by molar-refractivity contribution is -0.137. The normalized spacial score (nSPS) is 10.4. The summed E-state index contributed by atoms with van der Waals surface area (Å²) in [5.41, 5.74) is 5.56. The van der Waals surface area contributed by atoms with E-state index >= 15 is 0 Å². The summed E-state index contributed by atoms with van der Waals surface area (Å²) in [5, 5.41) is 2.38. The summed E-state index contributed by atoms with van der Waals surface area (Å²) in [6, 6.07) is 5.11. The third kappa shape index (κ3) is 6.82. The van der Waals surface area contributed by atoms with Gasteiger partial charge >= 0.3 is 12.0 Å². The number of carbonyl (C=O) groups is 2. The van der Waals surface area contributed by atoms with Crippen LogP contribution < -0.4 is 11.1 Å². The van der Waals surface area contributed by atoms with Crippen LogP contribution in [-0.4, -0.2) is 25.2 Å². The summed E-state index contributed by atoms with van der Waals surface area (Å²) in [5.74, 6) is -0.829. The van der Waals surface area contributed by atoms with Gasteiger partial charge in [-0.25, -0.2) is 14.0 Å². The van der Waals surface area contributed by atoms with Crippen LogP contribution in [0.5, 0.6) is 0 Å². The van der Waals surface area contributed by atoms with E-state index < -0.39 is 12.0 Å². The van der Waals surface area contributed by atoms with Gasteiger partial charge in [-0.3, -0.25) is 0 Å². The van der Waals surface area contributed by atoms with Gasteiger partial charge in [-0.05, 0) is 30.2 Å². The van der Waals surface area contributed by atoms with Crippen LogP contribution in [0.25, 0.3) is 6.08 Å². The molecule has 0 aromatic heterocycles. The van der Waals surface area contributed by atoms with Crippen LogP contribution in [0.4, 0.5) is 9.18 Å². The van der Waals surface area contributed by atoms with Crippen LogP contribution in [0.1, 0.15) is 12.0 Å². The molecule has 0 unspecified atom stereocenters. The van der Waals surface area contributed by atoms with Crippen molar-refractivity contribution in [3.63, 3.8) is 0 Å². The van der Waals surface area contributed by atoms with Crippen molar-refractivity contribution in [3.8, 4) is 0 Å². The Bertz CT molecular complexity index is 457. The largest absolute Gasteiger partial charge is 0.462 e. The zero-order chi connectivity index (χ0) is 14.1. The number of hydrogen-bond donors (Lipinski definition) is 2. The predicted molar refractivity (Wildman–Crippen MR) is 68.6 cm³/mol. The van der Waals surface area contributed by atoms with E-state index in [0.29, 0.717) is 18.5 Å². The molecule has 19 heavy (non-hydrogen) atoms. The van der Waals surface area contributed by atoms with Gasteiger partial charge in [0.1, 0.15) is 5.82 Å². The van der Waals surface area contributed by atoms with Gasteiger partial charge < -0.3 is 15.8 Å². The van der Waals surface area contributed by atoms with Gasteiger partial charge in [-0.2, -0.15) is 0 Å². The molecule has 0 spiro atoms. The third-order valence-electron chi connectivity index (χ3n) is 2.15. The molecule has 1 aromatic rings. The quantitative estimate of drug-likeness (QED) is 0.464. The first-order valence-corrected chi connectivity index (χ1v) is 5.71. The Balaban J connectivity index is 2.23. The van der Waals surface area contributed by atoms with Crippen LogP contribution >= 0.6 is 0 Å². The van der Waals surface area contributed by atoms with Gasteiger partial charge in [0.05, 0.1) is 6.61 Å². The maximum atomic E-state index is 12.6. The van der Waals surface area contributed by atoms with Crippen molar-refractivity contribution >= 4 is 18.1 Å². The number of hydrogen-bond acceptors (Lipinski definition) is 3. The number of nitrogens with two attached hydrogens (primary N) is 1. The zero-order valence-corrected chi connectivity index (χ0v) is 10.3. The van der Waals surface area contributed by atoms with Gasteiger partial charge in [0.15, 0.2) is 0 Å². The van der Waals surface area contributed by atoms with Gasteiger partial charge in [-0.1, -0.05) is 12.1 Å². The molecule has 0 saturated heterocycles. The van der Waals surface area contributed by atoms with Gasteiger partial charge in [0, 0.05) is 12.6 Å². The van der Waals surface area contributed by atoms with E-state index in [4.69, 9.17) is 10.5 Å². The Morgan fingerprint density at radius 2 is 2.00 bits per heavy atom. The van der Waals surface area contributed by atoms with Crippen LogP contribution in [0.2, 0.25) is 0 Å². The highest BCUT2D eigenvalue weighted by atomic mass is 19.1. The highest BCUT2D eigenvalue weighted by molar-refractivity contribution is 5.87. The van der Waals surface area contributed by atoms with E-state index in [1.54, 1.807) is 12.1 Å². The Labute approximate surface area is 110 Å². The lowest BCUT2D eigenvalue weighted by Gasteiger charge is -2.02. The van der Waals surface area contributed by atoms with E-state index in [0.717, 1.165) is 0 Å². The Morgan fingerprint density at radius 3 is 2.63 bits per heavy atom. The van der Waals surface area contributed by atoms with Crippen molar-refractivity contribution in [2.24, 2.45) is 5.73 Å². The highest BCUT2D eigenvalue weighted by Crippen LogP contribution is 2.04. The molecule has 0 fully saturated rings. The second kappa shape index (κ2) is 7.86. The highest BCUT2D eigenvalue weighted by Gasteiger charge is 1.98. The monoisotopic (exact) mass is 266 g/mol. The number of rotatable bonds is 6. The van der Waals surface area contributed by atoms with Crippen LogP contribution in [0.15, 0.2) is 30.3 Å². The van der Waals surface area contributed by atoms with Crippen molar-refractivity contribution in [1.82, 2.24) is 5.32 Å². The molecule has 102 valence electrons. The number of ether oxygens (including phenoxy) is 1. The van der Waals surface area contributed by atoms with Gasteiger partial charge in [0.25, 0.3) is 0 Å². The summed E-state index contributed by atoms with van der Waals surface area (Å²) in [6.07, 6.45) is 3.28. The number of halogens is 1. The maximum absolute atomic E-state index is 12.6. The smallest absolute Gasteiger partial charge is 0.330 e. The van der Waals surface area contributed by atoms with Gasteiger partial charge in [-0.15, -0.1) is 0 Å². The fourth-order valence-electron chi connectivity index (χ4n) is 1.24. The van der Waals surface area contributed by atoms with E-state index in [-0.39, 0.29) is 12.4 Å². The Kier molecular flexibility index (Phi) is 6.08. The molecule has 5 nitrogen and oxygen atoms in total. The van der Waals surface area contributed by atoms with Crippen LogP contribution in [0.3, 0.4) is 0 Å². The Hall–Kier alpha value is -2.37. The fraction of sp³-hybridized carbons (Fsp3) is 0.231. The molecule has 3 N–H and O–H groups in total. The summed E-state index contributed by atoms with van der Waals surface area (Å²) in [7, 11) is 0. The number of nitrogens with one attached hydrogen (secondary N) is 1. The van der Waals surface area contributed by atoms with E-state index in [1.807, 2.05) is 0 Å². The molecule has 2 amide bonds. The molecule has 0 aliphatic rings. The maximum Gasteiger partial charge on any atom is 0.330 e. The van der Waals surface area contributed by atoms with Gasteiger partial charge in [0.2, 0.25) is 0 Å². The average molecular weight is 266 g/mol. The van der Waals surface area contributed by atoms with E-state index in [9.17, 15) is 14.0 Å². The minimum atomic E-state index is -0.609. The number of primary amides is 1. The topological polar surface area (TPSA) is 81.4 Å².